The normalized spacial score (nSPS) is 22.5. The number of carboxylic acid groups (broad SMARTS) is 1. The van der Waals surface area contributed by atoms with Crippen molar-refractivity contribution in [1.82, 2.24) is 9.80 Å². The zero-order valence-electron chi connectivity index (χ0n) is 12.0. The second-order valence-electron chi connectivity index (χ2n) is 5.32. The minimum absolute atomic E-state index is 0.101. The van der Waals surface area contributed by atoms with Gasteiger partial charge in [0.05, 0.1) is 5.56 Å². The number of carbonyl (C=O) groups is 2. The van der Waals surface area contributed by atoms with Crippen LogP contribution in [0.25, 0.3) is 0 Å². The molecule has 1 N–H and O–H groups in total. The molecule has 0 spiro atoms. The van der Waals surface area contributed by atoms with Gasteiger partial charge in [-0.2, -0.15) is 0 Å². The zero-order valence-corrected chi connectivity index (χ0v) is 12.8. The minimum Gasteiger partial charge on any atom is -0.480 e. The fraction of sp³-hybridized carbons (Fsp3) is 0.571. The summed E-state index contributed by atoms with van der Waals surface area (Å²) in [5, 5.41) is 11.1. The Morgan fingerprint density at radius 2 is 2.20 bits per heavy atom. The molecule has 1 amide bonds. The van der Waals surface area contributed by atoms with Gasteiger partial charge in [-0.1, -0.05) is 6.92 Å². The highest BCUT2D eigenvalue weighted by Crippen LogP contribution is 2.25. The number of carboxylic acids is 1. The van der Waals surface area contributed by atoms with E-state index in [1.165, 1.54) is 4.90 Å². The van der Waals surface area contributed by atoms with Crippen LogP contribution < -0.4 is 0 Å². The zero-order chi connectivity index (χ0) is 14.9. The summed E-state index contributed by atoms with van der Waals surface area (Å²) in [6.07, 6.45) is 1.37. The number of likely N-dealkylation sites (tertiary alicyclic amines) is 1. The van der Waals surface area contributed by atoms with E-state index >= 15 is 0 Å². The quantitative estimate of drug-likeness (QED) is 0.915. The molecule has 20 heavy (non-hydrogen) atoms. The molecule has 1 fully saturated rings. The molecule has 0 aliphatic carbocycles. The Labute approximate surface area is 122 Å². The second kappa shape index (κ2) is 5.93. The van der Waals surface area contributed by atoms with Gasteiger partial charge >= 0.3 is 5.97 Å². The summed E-state index contributed by atoms with van der Waals surface area (Å²) in [5.41, 5.74) is 0.609. The molecular weight excluding hydrogens is 276 g/mol. The highest BCUT2D eigenvalue weighted by molar-refractivity contribution is 7.10. The number of aryl methyl sites for hydroxylation is 1. The predicted octanol–water partition coefficient (Wildman–Crippen LogP) is 1.54. The van der Waals surface area contributed by atoms with Crippen LogP contribution in [0.2, 0.25) is 0 Å². The number of amides is 1. The van der Waals surface area contributed by atoms with Crippen LogP contribution in [0.5, 0.6) is 0 Å². The summed E-state index contributed by atoms with van der Waals surface area (Å²) in [4.78, 5) is 28.5. The van der Waals surface area contributed by atoms with Crippen molar-refractivity contribution in [1.29, 1.82) is 0 Å². The van der Waals surface area contributed by atoms with Crippen LogP contribution >= 0.6 is 11.3 Å². The van der Waals surface area contributed by atoms with Crippen molar-refractivity contribution in [3.8, 4) is 0 Å². The van der Waals surface area contributed by atoms with Crippen LogP contribution in [0.15, 0.2) is 11.4 Å². The van der Waals surface area contributed by atoms with Gasteiger partial charge in [-0.3, -0.25) is 4.79 Å². The monoisotopic (exact) mass is 296 g/mol. The minimum atomic E-state index is -0.923. The lowest BCUT2D eigenvalue weighted by Gasteiger charge is -2.21. The summed E-state index contributed by atoms with van der Waals surface area (Å²) >= 11 is 1.55. The third-order valence-corrected chi connectivity index (χ3v) is 4.89. The Bertz CT molecular complexity index is 512. The molecular formula is C14H20N2O3S. The molecule has 1 aliphatic rings. The summed E-state index contributed by atoms with van der Waals surface area (Å²) in [5.74, 6) is -1.09. The highest BCUT2D eigenvalue weighted by atomic mass is 32.1. The first-order valence-corrected chi connectivity index (χ1v) is 7.59. The number of carbonyl (C=O) groups excluding carboxylic acids is 1. The summed E-state index contributed by atoms with van der Waals surface area (Å²) in [6.45, 7) is 2.51. The van der Waals surface area contributed by atoms with Crippen molar-refractivity contribution in [2.45, 2.75) is 31.8 Å². The molecule has 2 atom stereocenters. The SMILES string of the molecule is CCc1cc(C(=O)N2C[C@H](N(C)C)C[C@H]2C(=O)O)cs1. The van der Waals surface area contributed by atoms with E-state index in [2.05, 4.69) is 0 Å². The molecule has 1 saturated heterocycles. The van der Waals surface area contributed by atoms with Gasteiger partial charge in [0.25, 0.3) is 5.91 Å². The van der Waals surface area contributed by atoms with Gasteiger partial charge in [0.2, 0.25) is 0 Å². The summed E-state index contributed by atoms with van der Waals surface area (Å²) in [7, 11) is 3.83. The molecule has 0 bridgehead atoms. The van der Waals surface area contributed by atoms with Crippen molar-refractivity contribution in [2.24, 2.45) is 0 Å². The summed E-state index contributed by atoms with van der Waals surface area (Å²) < 4.78 is 0. The lowest BCUT2D eigenvalue weighted by Crippen LogP contribution is -2.40. The maximum atomic E-state index is 12.5. The molecule has 6 heteroatoms. The molecule has 0 radical (unpaired) electrons. The maximum Gasteiger partial charge on any atom is 0.326 e. The number of nitrogens with zero attached hydrogens (tertiary/aromatic N) is 2. The van der Waals surface area contributed by atoms with Gasteiger partial charge in [0, 0.05) is 22.8 Å². The van der Waals surface area contributed by atoms with E-state index in [1.807, 2.05) is 37.4 Å². The van der Waals surface area contributed by atoms with Crippen LogP contribution in [0, 0.1) is 0 Å². The van der Waals surface area contributed by atoms with Crippen molar-refractivity contribution in [3.05, 3.63) is 21.9 Å². The molecule has 1 aliphatic heterocycles. The van der Waals surface area contributed by atoms with E-state index < -0.39 is 12.0 Å². The van der Waals surface area contributed by atoms with Crippen molar-refractivity contribution in [3.63, 3.8) is 0 Å². The Balaban J connectivity index is 2.20. The molecule has 110 valence electrons. The Kier molecular flexibility index (Phi) is 4.45. The molecule has 0 unspecified atom stereocenters. The van der Waals surface area contributed by atoms with Crippen molar-refractivity contribution in [2.75, 3.05) is 20.6 Å². The van der Waals surface area contributed by atoms with Crippen LogP contribution in [0.3, 0.4) is 0 Å². The number of rotatable bonds is 4. The smallest absolute Gasteiger partial charge is 0.326 e. The van der Waals surface area contributed by atoms with E-state index in [4.69, 9.17) is 0 Å². The van der Waals surface area contributed by atoms with Crippen LogP contribution in [-0.4, -0.2) is 59.5 Å². The fourth-order valence-corrected chi connectivity index (χ4v) is 3.30. The number of hydrogen-bond donors (Lipinski definition) is 1. The van der Waals surface area contributed by atoms with Gasteiger partial charge in [0.1, 0.15) is 6.04 Å². The Hall–Kier alpha value is -1.40. The van der Waals surface area contributed by atoms with Gasteiger partial charge in [0.15, 0.2) is 0 Å². The van der Waals surface area contributed by atoms with E-state index in [9.17, 15) is 14.7 Å². The first kappa shape index (κ1) is 15.0. The molecule has 2 heterocycles. The van der Waals surface area contributed by atoms with Gasteiger partial charge < -0.3 is 14.9 Å². The van der Waals surface area contributed by atoms with Gasteiger partial charge in [-0.05, 0) is 33.0 Å². The number of hydrogen-bond acceptors (Lipinski definition) is 4. The Morgan fingerprint density at radius 1 is 1.50 bits per heavy atom. The number of likely N-dealkylation sites (N-methyl/N-ethyl adjacent to an activating group) is 1. The molecule has 1 aromatic rings. The highest BCUT2D eigenvalue weighted by Gasteiger charge is 2.40. The maximum absolute atomic E-state index is 12.5. The molecule has 1 aromatic heterocycles. The standard InChI is InChI=1S/C14H20N2O3S/c1-4-11-5-9(8-20-11)13(17)16-7-10(15(2)3)6-12(16)14(18)19/h5,8,10,12H,4,6-7H2,1-3H3,(H,18,19)/t10-,12+/m1/s1. The lowest BCUT2D eigenvalue weighted by molar-refractivity contribution is -0.141. The van der Waals surface area contributed by atoms with E-state index in [0.717, 1.165) is 11.3 Å². The third kappa shape index (κ3) is 2.86. The van der Waals surface area contributed by atoms with E-state index in [-0.39, 0.29) is 11.9 Å². The first-order chi connectivity index (χ1) is 9.43. The van der Waals surface area contributed by atoms with Gasteiger partial charge in [-0.25, -0.2) is 4.79 Å². The largest absolute Gasteiger partial charge is 0.480 e. The molecule has 0 saturated carbocycles. The number of aliphatic carboxylic acids is 1. The number of thiophene rings is 1. The average Bonchev–Trinajstić information content (AvgIpc) is 3.04. The van der Waals surface area contributed by atoms with Crippen molar-refractivity contribution < 1.29 is 14.7 Å². The Morgan fingerprint density at radius 3 is 2.70 bits per heavy atom. The van der Waals surface area contributed by atoms with E-state index in [0.29, 0.717) is 18.5 Å². The van der Waals surface area contributed by atoms with Gasteiger partial charge in [-0.15, -0.1) is 11.3 Å². The van der Waals surface area contributed by atoms with E-state index in [1.54, 1.807) is 11.3 Å². The van der Waals surface area contributed by atoms with Crippen LogP contribution in [0.4, 0.5) is 0 Å². The predicted molar refractivity (Wildman–Crippen MR) is 78.2 cm³/mol. The average molecular weight is 296 g/mol. The van der Waals surface area contributed by atoms with Crippen LogP contribution in [0.1, 0.15) is 28.6 Å². The summed E-state index contributed by atoms with van der Waals surface area (Å²) in [6, 6.07) is 1.25. The van der Waals surface area contributed by atoms with Crippen LogP contribution in [-0.2, 0) is 11.2 Å². The first-order valence-electron chi connectivity index (χ1n) is 6.71. The van der Waals surface area contributed by atoms with Crippen molar-refractivity contribution >= 4 is 23.2 Å². The topological polar surface area (TPSA) is 60.9 Å². The third-order valence-electron chi connectivity index (χ3n) is 3.80. The molecule has 0 aromatic carbocycles. The second-order valence-corrected chi connectivity index (χ2v) is 6.32. The lowest BCUT2D eigenvalue weighted by atomic mass is 10.1. The molecule has 2 rings (SSSR count). The molecule has 5 nitrogen and oxygen atoms in total. The fourth-order valence-electron chi connectivity index (χ4n) is 2.49.